The van der Waals surface area contributed by atoms with Crippen LogP contribution in [-0.2, 0) is 10.0 Å². The molecule has 1 rings (SSSR count). The lowest BCUT2D eigenvalue weighted by Gasteiger charge is -2.06. The summed E-state index contributed by atoms with van der Waals surface area (Å²) in [5.41, 5.74) is 5.41. The second kappa shape index (κ2) is 4.88. The summed E-state index contributed by atoms with van der Waals surface area (Å²) in [4.78, 5) is -0.000165. The molecule has 86 valence electrons. The Morgan fingerprint density at radius 1 is 1.50 bits per heavy atom. The number of aromatic hydroxyl groups is 1. The number of rotatable bonds is 4. The molecule has 0 heterocycles. The molecule has 0 aliphatic heterocycles. The van der Waals surface area contributed by atoms with Gasteiger partial charge < -0.3 is 10.8 Å². The van der Waals surface area contributed by atoms with Gasteiger partial charge in [-0.1, -0.05) is 0 Å². The zero-order valence-electron chi connectivity index (χ0n) is 8.47. The highest BCUT2D eigenvalue weighted by Crippen LogP contribution is 2.22. The fourth-order valence-corrected chi connectivity index (χ4v) is 2.11. The van der Waals surface area contributed by atoms with Gasteiger partial charge in [-0.2, -0.15) is 0 Å². The summed E-state index contributed by atoms with van der Waals surface area (Å²) >= 11 is 0. The van der Waals surface area contributed by atoms with Gasteiger partial charge in [0.1, 0.15) is 5.75 Å². The number of hydrogen-bond donors (Lipinski definition) is 3. The van der Waals surface area contributed by atoms with Crippen molar-refractivity contribution in [3.05, 3.63) is 18.2 Å². The fraction of sp³-hybridized carbons (Fsp3) is 0.200. The normalized spacial score (nSPS) is 10.9. The number of phenolic OH excluding ortho intramolecular Hbond substituents is 1. The van der Waals surface area contributed by atoms with Crippen LogP contribution in [0.2, 0.25) is 0 Å². The van der Waals surface area contributed by atoms with Gasteiger partial charge in [-0.25, -0.2) is 13.1 Å². The van der Waals surface area contributed by atoms with Gasteiger partial charge in [0.25, 0.3) is 0 Å². The van der Waals surface area contributed by atoms with Crippen LogP contribution in [0.15, 0.2) is 23.1 Å². The SMILES string of the molecule is C#CCCNS(=O)(=O)c1ccc(O)c(N)c1. The maximum absolute atomic E-state index is 11.7. The van der Waals surface area contributed by atoms with Crippen molar-refractivity contribution >= 4 is 15.7 Å². The van der Waals surface area contributed by atoms with Crippen LogP contribution in [0.5, 0.6) is 5.75 Å². The number of terminal acetylenes is 1. The average molecular weight is 240 g/mol. The van der Waals surface area contributed by atoms with Gasteiger partial charge in [-0.15, -0.1) is 12.3 Å². The summed E-state index contributed by atoms with van der Waals surface area (Å²) in [5, 5.41) is 9.16. The second-order valence-corrected chi connectivity index (χ2v) is 4.84. The first-order valence-electron chi connectivity index (χ1n) is 4.49. The highest BCUT2D eigenvalue weighted by molar-refractivity contribution is 7.89. The highest BCUT2D eigenvalue weighted by Gasteiger charge is 2.14. The van der Waals surface area contributed by atoms with Crippen LogP contribution >= 0.6 is 0 Å². The molecular weight excluding hydrogens is 228 g/mol. The minimum absolute atomic E-state index is 0.000165. The number of nitrogens with two attached hydrogens (primary N) is 1. The molecule has 0 aromatic heterocycles. The Morgan fingerprint density at radius 3 is 2.75 bits per heavy atom. The van der Waals surface area contributed by atoms with Crippen molar-refractivity contribution in [1.29, 1.82) is 0 Å². The molecule has 0 saturated heterocycles. The number of phenols is 1. The first-order valence-corrected chi connectivity index (χ1v) is 5.97. The third-order valence-corrected chi connectivity index (χ3v) is 3.33. The Bertz CT molecular complexity index is 517. The van der Waals surface area contributed by atoms with E-state index < -0.39 is 10.0 Å². The van der Waals surface area contributed by atoms with Crippen LogP contribution in [-0.4, -0.2) is 20.1 Å². The molecule has 1 aromatic rings. The Kier molecular flexibility index (Phi) is 3.77. The third kappa shape index (κ3) is 2.89. The van der Waals surface area contributed by atoms with Gasteiger partial charge in [0.15, 0.2) is 0 Å². The molecule has 0 saturated carbocycles. The lowest BCUT2D eigenvalue weighted by molar-refractivity contribution is 0.477. The summed E-state index contributed by atoms with van der Waals surface area (Å²) in [6.45, 7) is 0.166. The summed E-state index contributed by atoms with van der Waals surface area (Å²) in [7, 11) is -3.61. The van der Waals surface area contributed by atoms with E-state index in [0.717, 1.165) is 0 Å². The van der Waals surface area contributed by atoms with Crippen LogP contribution < -0.4 is 10.5 Å². The Labute approximate surface area is 94.3 Å². The number of hydrogen-bond acceptors (Lipinski definition) is 4. The highest BCUT2D eigenvalue weighted by atomic mass is 32.2. The molecule has 16 heavy (non-hydrogen) atoms. The van der Waals surface area contributed by atoms with E-state index in [1.165, 1.54) is 18.2 Å². The van der Waals surface area contributed by atoms with Crippen LogP contribution in [0.4, 0.5) is 5.69 Å². The molecule has 0 fully saturated rings. The topological polar surface area (TPSA) is 92.4 Å². The summed E-state index contributed by atoms with van der Waals surface area (Å²) in [6.07, 6.45) is 5.31. The average Bonchev–Trinajstić information content (AvgIpc) is 2.22. The van der Waals surface area contributed by atoms with Crippen LogP contribution in [0, 0.1) is 12.3 Å². The van der Waals surface area contributed by atoms with Gasteiger partial charge in [-0.3, -0.25) is 0 Å². The molecule has 6 heteroatoms. The first kappa shape index (κ1) is 12.4. The maximum atomic E-state index is 11.7. The molecule has 0 spiro atoms. The van der Waals surface area contributed by atoms with Crippen molar-refractivity contribution in [3.8, 4) is 18.1 Å². The van der Waals surface area contributed by atoms with Crippen LogP contribution in [0.1, 0.15) is 6.42 Å². The zero-order valence-corrected chi connectivity index (χ0v) is 9.29. The second-order valence-electron chi connectivity index (χ2n) is 3.07. The van der Waals surface area contributed by atoms with Crippen molar-refractivity contribution in [2.45, 2.75) is 11.3 Å². The number of sulfonamides is 1. The summed E-state index contributed by atoms with van der Waals surface area (Å²) in [6, 6.07) is 3.68. The van der Waals surface area contributed by atoms with E-state index >= 15 is 0 Å². The van der Waals surface area contributed by atoms with Gasteiger partial charge in [0.2, 0.25) is 10.0 Å². The van der Waals surface area contributed by atoms with Crippen molar-refractivity contribution in [3.63, 3.8) is 0 Å². The molecule has 0 amide bonds. The standard InChI is InChI=1S/C10H12N2O3S/c1-2-3-6-12-16(14,15)8-4-5-10(13)9(11)7-8/h1,4-5,7,12-13H,3,6,11H2. The Morgan fingerprint density at radius 2 is 2.19 bits per heavy atom. The van der Waals surface area contributed by atoms with Gasteiger partial charge in [0.05, 0.1) is 10.6 Å². The largest absolute Gasteiger partial charge is 0.506 e. The van der Waals surface area contributed by atoms with E-state index in [0.29, 0.717) is 6.42 Å². The van der Waals surface area contributed by atoms with Crippen molar-refractivity contribution in [1.82, 2.24) is 4.72 Å². The molecule has 1 aromatic carbocycles. The van der Waals surface area contributed by atoms with Crippen molar-refractivity contribution in [2.75, 3.05) is 12.3 Å². The predicted octanol–water partition coefficient (Wildman–Crippen LogP) is 0.276. The van der Waals surface area contributed by atoms with E-state index in [2.05, 4.69) is 10.6 Å². The number of nitrogen functional groups attached to an aromatic ring is 1. The van der Waals surface area contributed by atoms with Crippen molar-refractivity contribution < 1.29 is 13.5 Å². The summed E-state index contributed by atoms with van der Waals surface area (Å²) in [5.74, 6) is 2.17. The predicted molar refractivity (Wildman–Crippen MR) is 61.2 cm³/mol. The molecule has 0 bridgehead atoms. The quantitative estimate of drug-likeness (QED) is 0.305. The molecular formula is C10H12N2O3S. The van der Waals surface area contributed by atoms with E-state index in [9.17, 15) is 8.42 Å². The number of nitrogens with one attached hydrogen (secondary N) is 1. The molecule has 0 aliphatic rings. The lowest BCUT2D eigenvalue weighted by atomic mass is 10.3. The molecule has 0 unspecified atom stereocenters. The molecule has 0 atom stereocenters. The minimum atomic E-state index is -3.61. The van der Waals surface area contributed by atoms with Gasteiger partial charge in [-0.05, 0) is 18.2 Å². The van der Waals surface area contributed by atoms with Crippen LogP contribution in [0.25, 0.3) is 0 Å². The van der Waals surface area contributed by atoms with Crippen LogP contribution in [0.3, 0.4) is 0 Å². The molecule has 4 N–H and O–H groups in total. The number of anilines is 1. The van der Waals surface area contributed by atoms with Crippen molar-refractivity contribution in [2.24, 2.45) is 0 Å². The third-order valence-electron chi connectivity index (χ3n) is 1.87. The number of benzene rings is 1. The fourth-order valence-electron chi connectivity index (χ4n) is 1.04. The van der Waals surface area contributed by atoms with E-state index in [1.807, 2.05) is 0 Å². The Hall–Kier alpha value is -1.71. The monoisotopic (exact) mass is 240 g/mol. The zero-order chi connectivity index (χ0) is 12.2. The lowest BCUT2D eigenvalue weighted by Crippen LogP contribution is -2.24. The summed E-state index contributed by atoms with van der Waals surface area (Å²) < 4.78 is 25.6. The van der Waals surface area contributed by atoms with E-state index in [-0.39, 0.29) is 22.9 Å². The Balaban J connectivity index is 2.91. The first-order chi connectivity index (χ1) is 7.47. The molecule has 5 nitrogen and oxygen atoms in total. The minimum Gasteiger partial charge on any atom is -0.506 e. The molecule has 0 aliphatic carbocycles. The van der Waals surface area contributed by atoms with E-state index in [1.54, 1.807) is 0 Å². The smallest absolute Gasteiger partial charge is 0.240 e. The van der Waals surface area contributed by atoms with E-state index in [4.69, 9.17) is 17.3 Å². The molecule has 0 radical (unpaired) electrons. The maximum Gasteiger partial charge on any atom is 0.240 e. The van der Waals surface area contributed by atoms with Gasteiger partial charge in [0, 0.05) is 13.0 Å². The van der Waals surface area contributed by atoms with Gasteiger partial charge >= 0.3 is 0 Å².